The van der Waals surface area contributed by atoms with E-state index >= 15 is 0 Å². The highest BCUT2D eigenvalue weighted by atomic mass is 16.6. The maximum atomic E-state index is 11.4. The zero-order valence-electron chi connectivity index (χ0n) is 11.8. The molecule has 20 heavy (non-hydrogen) atoms. The van der Waals surface area contributed by atoms with Crippen LogP contribution in [0.4, 0.5) is 11.5 Å². The van der Waals surface area contributed by atoms with E-state index in [2.05, 4.69) is 10.3 Å². The van der Waals surface area contributed by atoms with E-state index in [-0.39, 0.29) is 30.2 Å². The maximum absolute atomic E-state index is 11.4. The summed E-state index contributed by atoms with van der Waals surface area (Å²) in [6.45, 7) is 5.74. The Balaban J connectivity index is 2.55. The van der Waals surface area contributed by atoms with E-state index in [0.717, 1.165) is 6.42 Å². The van der Waals surface area contributed by atoms with Crippen molar-refractivity contribution in [2.75, 3.05) is 11.9 Å². The van der Waals surface area contributed by atoms with Crippen LogP contribution in [0, 0.1) is 16.0 Å². The van der Waals surface area contributed by atoms with Crippen molar-refractivity contribution < 1.29 is 14.5 Å². The topological polar surface area (TPSA) is 94.4 Å². The largest absolute Gasteiger partial charge is 0.463 e. The van der Waals surface area contributed by atoms with E-state index in [9.17, 15) is 14.9 Å². The highest BCUT2D eigenvalue weighted by molar-refractivity contribution is 5.71. The molecule has 1 rings (SSSR count). The molecule has 0 aliphatic rings. The molecule has 7 heteroatoms. The lowest BCUT2D eigenvalue weighted by Gasteiger charge is -2.18. The minimum atomic E-state index is -0.501. The second-order valence-electron chi connectivity index (χ2n) is 4.69. The Morgan fingerprint density at radius 1 is 1.50 bits per heavy atom. The zero-order valence-corrected chi connectivity index (χ0v) is 11.8. The molecule has 7 nitrogen and oxygen atoms in total. The quantitative estimate of drug-likeness (QED) is 0.468. The monoisotopic (exact) mass is 281 g/mol. The molecule has 0 radical (unpaired) electrons. The van der Waals surface area contributed by atoms with Crippen LogP contribution in [0.1, 0.15) is 27.2 Å². The Morgan fingerprint density at radius 3 is 2.65 bits per heavy atom. The Kier molecular flexibility index (Phi) is 5.89. The normalized spacial score (nSPS) is 12.0. The third kappa shape index (κ3) is 4.83. The summed E-state index contributed by atoms with van der Waals surface area (Å²) in [6, 6.07) is 2.83. The Labute approximate surface area is 117 Å². The van der Waals surface area contributed by atoms with Crippen LogP contribution in [0.15, 0.2) is 18.3 Å². The fraction of sp³-hybridized carbons (Fsp3) is 0.538. The second kappa shape index (κ2) is 7.42. The first kappa shape index (κ1) is 15.9. The first-order chi connectivity index (χ1) is 9.43. The molecule has 1 N–H and O–H groups in total. The summed E-state index contributed by atoms with van der Waals surface area (Å²) in [5, 5.41) is 13.6. The van der Waals surface area contributed by atoms with Crippen molar-refractivity contribution >= 4 is 17.5 Å². The smallest absolute Gasteiger partial charge is 0.308 e. The number of nitrogens with one attached hydrogen (secondary N) is 1. The standard InChI is InChI=1S/C13H19N3O4/c1-4-10(8-20-13(17)9(2)3)15-12-6-5-11(7-14-12)16(18)19/h5-7,9-10H,4,8H2,1-3H3,(H,14,15). The fourth-order valence-electron chi connectivity index (χ4n) is 1.40. The Hall–Kier alpha value is -2.18. The van der Waals surface area contributed by atoms with Crippen LogP contribution >= 0.6 is 0 Å². The van der Waals surface area contributed by atoms with Gasteiger partial charge in [0.2, 0.25) is 0 Å². The number of hydrogen-bond donors (Lipinski definition) is 1. The predicted octanol–water partition coefficient (Wildman–Crippen LogP) is 2.38. The van der Waals surface area contributed by atoms with E-state index in [1.54, 1.807) is 13.8 Å². The predicted molar refractivity (Wildman–Crippen MR) is 74.4 cm³/mol. The number of carbonyl (C=O) groups is 1. The summed E-state index contributed by atoms with van der Waals surface area (Å²) < 4.78 is 5.15. The van der Waals surface area contributed by atoms with Crippen molar-refractivity contribution in [3.05, 3.63) is 28.4 Å². The molecular weight excluding hydrogens is 262 g/mol. The molecule has 1 unspecified atom stereocenters. The molecule has 0 aliphatic heterocycles. The third-order valence-corrected chi connectivity index (χ3v) is 2.70. The van der Waals surface area contributed by atoms with E-state index in [4.69, 9.17) is 4.74 Å². The van der Waals surface area contributed by atoms with Gasteiger partial charge < -0.3 is 10.1 Å². The van der Waals surface area contributed by atoms with Gasteiger partial charge in [0.15, 0.2) is 0 Å². The molecule has 110 valence electrons. The molecule has 0 fully saturated rings. The van der Waals surface area contributed by atoms with Gasteiger partial charge in [-0.15, -0.1) is 0 Å². The molecule has 1 atom stereocenters. The summed E-state index contributed by atoms with van der Waals surface area (Å²) in [7, 11) is 0. The van der Waals surface area contributed by atoms with Gasteiger partial charge in [-0.25, -0.2) is 4.98 Å². The van der Waals surface area contributed by atoms with Gasteiger partial charge in [0.25, 0.3) is 5.69 Å². The lowest BCUT2D eigenvalue weighted by Crippen LogP contribution is -2.27. The number of rotatable bonds is 7. The second-order valence-corrected chi connectivity index (χ2v) is 4.69. The number of pyridine rings is 1. The van der Waals surface area contributed by atoms with Crippen LogP contribution in [-0.4, -0.2) is 28.5 Å². The number of ether oxygens (including phenoxy) is 1. The molecule has 0 aromatic carbocycles. The van der Waals surface area contributed by atoms with Crippen LogP contribution in [0.3, 0.4) is 0 Å². The molecule has 0 saturated heterocycles. The van der Waals surface area contributed by atoms with Crippen LogP contribution in [0.5, 0.6) is 0 Å². The molecular formula is C13H19N3O4. The van der Waals surface area contributed by atoms with Crippen LogP contribution in [0.2, 0.25) is 0 Å². The van der Waals surface area contributed by atoms with E-state index < -0.39 is 4.92 Å². The fourth-order valence-corrected chi connectivity index (χ4v) is 1.40. The number of hydrogen-bond acceptors (Lipinski definition) is 6. The van der Waals surface area contributed by atoms with Gasteiger partial charge in [-0.2, -0.15) is 0 Å². The van der Waals surface area contributed by atoms with Crippen molar-refractivity contribution in [1.29, 1.82) is 0 Å². The summed E-state index contributed by atoms with van der Waals surface area (Å²) >= 11 is 0. The first-order valence-electron chi connectivity index (χ1n) is 6.47. The highest BCUT2D eigenvalue weighted by Crippen LogP contribution is 2.13. The SMILES string of the molecule is CCC(COC(=O)C(C)C)Nc1ccc([N+](=O)[O-])cn1. The lowest BCUT2D eigenvalue weighted by atomic mass is 10.2. The van der Waals surface area contributed by atoms with Gasteiger partial charge in [0.1, 0.15) is 18.6 Å². The molecule has 1 aromatic heterocycles. The Morgan fingerprint density at radius 2 is 2.20 bits per heavy atom. The van der Waals surface area contributed by atoms with Crippen molar-refractivity contribution in [2.45, 2.75) is 33.2 Å². The molecule has 0 saturated carbocycles. The minimum absolute atomic E-state index is 0.0603. The first-order valence-corrected chi connectivity index (χ1v) is 6.47. The van der Waals surface area contributed by atoms with E-state index in [1.807, 2.05) is 6.92 Å². The number of aromatic nitrogens is 1. The average molecular weight is 281 g/mol. The zero-order chi connectivity index (χ0) is 15.1. The Bertz CT molecular complexity index is 459. The number of anilines is 1. The maximum Gasteiger partial charge on any atom is 0.308 e. The van der Waals surface area contributed by atoms with E-state index in [1.165, 1.54) is 18.3 Å². The highest BCUT2D eigenvalue weighted by Gasteiger charge is 2.13. The van der Waals surface area contributed by atoms with Gasteiger partial charge in [-0.3, -0.25) is 14.9 Å². The summed E-state index contributed by atoms with van der Waals surface area (Å²) in [5.41, 5.74) is -0.0603. The molecule has 1 aromatic rings. The van der Waals surface area contributed by atoms with Gasteiger partial charge in [-0.05, 0) is 12.5 Å². The van der Waals surface area contributed by atoms with Gasteiger partial charge in [-0.1, -0.05) is 20.8 Å². The van der Waals surface area contributed by atoms with Crippen LogP contribution < -0.4 is 5.32 Å². The molecule has 1 heterocycles. The van der Waals surface area contributed by atoms with E-state index in [0.29, 0.717) is 5.82 Å². The minimum Gasteiger partial charge on any atom is -0.463 e. The van der Waals surface area contributed by atoms with Crippen LogP contribution in [-0.2, 0) is 9.53 Å². The van der Waals surface area contributed by atoms with Gasteiger partial charge >= 0.3 is 5.97 Å². The molecule has 0 spiro atoms. The summed E-state index contributed by atoms with van der Waals surface area (Å²) in [6.07, 6.45) is 1.93. The summed E-state index contributed by atoms with van der Waals surface area (Å²) in [4.78, 5) is 25.4. The lowest BCUT2D eigenvalue weighted by molar-refractivity contribution is -0.385. The third-order valence-electron chi connectivity index (χ3n) is 2.70. The van der Waals surface area contributed by atoms with Crippen molar-refractivity contribution in [2.24, 2.45) is 5.92 Å². The number of nitrogens with zero attached hydrogens (tertiary/aromatic N) is 2. The van der Waals surface area contributed by atoms with Crippen molar-refractivity contribution in [1.82, 2.24) is 4.98 Å². The molecule has 0 aliphatic carbocycles. The number of esters is 1. The molecule has 0 amide bonds. The number of nitro groups is 1. The molecule has 0 bridgehead atoms. The van der Waals surface area contributed by atoms with Crippen LogP contribution in [0.25, 0.3) is 0 Å². The summed E-state index contributed by atoms with van der Waals surface area (Å²) in [5.74, 6) is 0.106. The average Bonchev–Trinajstić information content (AvgIpc) is 2.43. The number of carbonyl (C=O) groups excluding carboxylic acids is 1. The van der Waals surface area contributed by atoms with Crippen molar-refractivity contribution in [3.63, 3.8) is 0 Å². The van der Waals surface area contributed by atoms with Gasteiger partial charge in [0, 0.05) is 6.07 Å². The van der Waals surface area contributed by atoms with Crippen molar-refractivity contribution in [3.8, 4) is 0 Å². The van der Waals surface area contributed by atoms with Gasteiger partial charge in [0.05, 0.1) is 16.9 Å².